The third-order valence-electron chi connectivity index (χ3n) is 2.90. The second-order valence-corrected chi connectivity index (χ2v) is 4.08. The molecule has 0 aliphatic rings. The summed E-state index contributed by atoms with van der Waals surface area (Å²) in [5, 5.41) is 0. The molecule has 0 N–H and O–H groups in total. The smallest absolute Gasteiger partial charge is 0.254 e. The highest BCUT2D eigenvalue weighted by Crippen LogP contribution is 2.14. The monoisotopic (exact) mass is 227 g/mol. The lowest BCUT2D eigenvalue weighted by Crippen LogP contribution is -2.21. The first kappa shape index (κ1) is 10.1. The highest BCUT2D eigenvalue weighted by molar-refractivity contribution is 5.79. The van der Waals surface area contributed by atoms with Crippen molar-refractivity contribution in [1.82, 2.24) is 14.0 Å². The van der Waals surface area contributed by atoms with Crippen LogP contribution in [0.2, 0.25) is 0 Å². The van der Waals surface area contributed by atoms with Crippen LogP contribution >= 0.6 is 0 Å². The van der Waals surface area contributed by atoms with E-state index in [1.54, 1.807) is 16.8 Å². The van der Waals surface area contributed by atoms with Gasteiger partial charge in [0.2, 0.25) is 5.78 Å². The fourth-order valence-electron chi connectivity index (χ4n) is 2.13. The molecular formula is C13H13N3O. The molecule has 3 rings (SSSR count). The van der Waals surface area contributed by atoms with Crippen LogP contribution in [0.5, 0.6) is 0 Å². The zero-order valence-electron chi connectivity index (χ0n) is 9.63. The summed E-state index contributed by atoms with van der Waals surface area (Å²) in [6.45, 7) is 2.76. The van der Waals surface area contributed by atoms with Gasteiger partial charge in [-0.1, -0.05) is 19.1 Å². The van der Waals surface area contributed by atoms with Crippen LogP contribution in [0, 0.1) is 0 Å². The van der Waals surface area contributed by atoms with Crippen molar-refractivity contribution < 1.29 is 0 Å². The molecule has 4 nitrogen and oxygen atoms in total. The number of benzene rings is 1. The quantitative estimate of drug-likeness (QED) is 0.672. The third-order valence-corrected chi connectivity index (χ3v) is 2.90. The summed E-state index contributed by atoms with van der Waals surface area (Å²) < 4.78 is 3.69. The van der Waals surface area contributed by atoms with Crippen molar-refractivity contribution in [2.75, 3.05) is 0 Å². The molecule has 0 saturated carbocycles. The Labute approximate surface area is 98.1 Å². The molecule has 1 aromatic carbocycles. The largest absolute Gasteiger partial charge is 0.285 e. The molecule has 0 radical (unpaired) electrons. The molecule has 0 saturated heterocycles. The van der Waals surface area contributed by atoms with Crippen molar-refractivity contribution in [3.63, 3.8) is 0 Å². The van der Waals surface area contributed by atoms with Gasteiger partial charge in [0.15, 0.2) is 0 Å². The average molecular weight is 227 g/mol. The van der Waals surface area contributed by atoms with E-state index in [-0.39, 0.29) is 5.56 Å². The number of fused-ring (bicyclic) bond motifs is 3. The minimum Gasteiger partial charge on any atom is -0.285 e. The Morgan fingerprint density at radius 2 is 2.06 bits per heavy atom. The van der Waals surface area contributed by atoms with Crippen LogP contribution in [0.3, 0.4) is 0 Å². The Balaban J connectivity index is 2.47. The lowest BCUT2D eigenvalue weighted by atomic mass is 10.3. The van der Waals surface area contributed by atoms with E-state index in [0.717, 1.165) is 23.2 Å². The standard InChI is InChI=1S/C13H13N3O/c1-2-8-16-12(17)7-9-15-11-6-4-3-5-10(11)14-13(15)16/h3-7,9H,2,8H2,1H3. The number of para-hydroxylation sites is 2. The van der Waals surface area contributed by atoms with Gasteiger partial charge in [0, 0.05) is 18.8 Å². The number of hydrogen-bond acceptors (Lipinski definition) is 2. The van der Waals surface area contributed by atoms with Gasteiger partial charge in [-0.3, -0.25) is 13.8 Å². The van der Waals surface area contributed by atoms with E-state index >= 15 is 0 Å². The fourth-order valence-corrected chi connectivity index (χ4v) is 2.13. The maximum absolute atomic E-state index is 11.8. The molecule has 17 heavy (non-hydrogen) atoms. The molecule has 0 unspecified atom stereocenters. The normalized spacial score (nSPS) is 11.4. The predicted octanol–water partition coefficient (Wildman–Crippen LogP) is 2.06. The van der Waals surface area contributed by atoms with Gasteiger partial charge in [-0.2, -0.15) is 0 Å². The highest BCUT2D eigenvalue weighted by Gasteiger charge is 2.08. The van der Waals surface area contributed by atoms with E-state index in [0.29, 0.717) is 6.54 Å². The van der Waals surface area contributed by atoms with Crippen LogP contribution < -0.4 is 5.56 Å². The molecule has 86 valence electrons. The summed E-state index contributed by atoms with van der Waals surface area (Å²) in [5.74, 6) is 0.723. The van der Waals surface area contributed by atoms with E-state index in [9.17, 15) is 4.79 Å². The molecule has 0 bridgehead atoms. The Morgan fingerprint density at radius 3 is 2.88 bits per heavy atom. The zero-order chi connectivity index (χ0) is 11.8. The summed E-state index contributed by atoms with van der Waals surface area (Å²) in [5.41, 5.74) is 1.96. The summed E-state index contributed by atoms with van der Waals surface area (Å²) in [6, 6.07) is 9.50. The second-order valence-electron chi connectivity index (χ2n) is 4.08. The zero-order valence-corrected chi connectivity index (χ0v) is 9.63. The Bertz CT molecular complexity index is 739. The summed E-state index contributed by atoms with van der Waals surface area (Å²) >= 11 is 0. The molecular weight excluding hydrogens is 214 g/mol. The van der Waals surface area contributed by atoms with Crippen LogP contribution in [-0.4, -0.2) is 14.0 Å². The van der Waals surface area contributed by atoms with Crippen LogP contribution in [0.1, 0.15) is 13.3 Å². The van der Waals surface area contributed by atoms with E-state index in [1.807, 2.05) is 28.7 Å². The minimum absolute atomic E-state index is 0.00894. The Kier molecular flexibility index (Phi) is 2.21. The van der Waals surface area contributed by atoms with Crippen molar-refractivity contribution in [1.29, 1.82) is 0 Å². The van der Waals surface area contributed by atoms with E-state index in [1.165, 1.54) is 0 Å². The minimum atomic E-state index is 0.00894. The number of imidazole rings is 1. The molecule has 0 aliphatic carbocycles. The fraction of sp³-hybridized carbons (Fsp3) is 0.231. The van der Waals surface area contributed by atoms with E-state index < -0.39 is 0 Å². The summed E-state index contributed by atoms with van der Waals surface area (Å²) in [4.78, 5) is 16.3. The Morgan fingerprint density at radius 1 is 1.24 bits per heavy atom. The van der Waals surface area contributed by atoms with Crippen molar-refractivity contribution in [3.8, 4) is 0 Å². The molecule has 3 aromatic rings. The lowest BCUT2D eigenvalue weighted by Gasteiger charge is -2.04. The number of hydrogen-bond donors (Lipinski definition) is 0. The predicted molar refractivity (Wildman–Crippen MR) is 67.2 cm³/mol. The number of aryl methyl sites for hydroxylation is 1. The molecule has 0 spiro atoms. The van der Waals surface area contributed by atoms with Gasteiger partial charge in [0.05, 0.1) is 11.0 Å². The van der Waals surface area contributed by atoms with Crippen LogP contribution in [0.15, 0.2) is 41.3 Å². The van der Waals surface area contributed by atoms with Gasteiger partial charge in [-0.25, -0.2) is 4.98 Å². The molecule has 2 heterocycles. The maximum atomic E-state index is 11.8. The molecule has 0 aliphatic heterocycles. The van der Waals surface area contributed by atoms with Crippen LogP contribution in [0.25, 0.3) is 16.8 Å². The molecule has 4 heteroatoms. The van der Waals surface area contributed by atoms with Crippen LogP contribution in [0.4, 0.5) is 0 Å². The maximum Gasteiger partial charge on any atom is 0.254 e. The van der Waals surface area contributed by atoms with Gasteiger partial charge in [0.1, 0.15) is 0 Å². The third kappa shape index (κ3) is 1.45. The van der Waals surface area contributed by atoms with E-state index in [4.69, 9.17) is 0 Å². The summed E-state index contributed by atoms with van der Waals surface area (Å²) in [6.07, 6.45) is 2.71. The number of aromatic nitrogens is 3. The first-order valence-electron chi connectivity index (χ1n) is 5.78. The van der Waals surface area contributed by atoms with Gasteiger partial charge < -0.3 is 0 Å². The molecule has 0 atom stereocenters. The molecule has 0 fully saturated rings. The van der Waals surface area contributed by atoms with Gasteiger partial charge >= 0.3 is 0 Å². The lowest BCUT2D eigenvalue weighted by molar-refractivity contribution is 0.658. The highest BCUT2D eigenvalue weighted by atomic mass is 16.1. The average Bonchev–Trinajstić information content (AvgIpc) is 2.72. The Hall–Kier alpha value is -2.10. The molecule has 0 amide bonds. The van der Waals surface area contributed by atoms with E-state index in [2.05, 4.69) is 11.9 Å². The molecule has 2 aromatic heterocycles. The van der Waals surface area contributed by atoms with Crippen LogP contribution in [-0.2, 0) is 6.54 Å². The second kappa shape index (κ2) is 3.73. The van der Waals surface area contributed by atoms with Gasteiger partial charge in [-0.15, -0.1) is 0 Å². The van der Waals surface area contributed by atoms with Crippen molar-refractivity contribution in [2.24, 2.45) is 0 Å². The van der Waals surface area contributed by atoms with Crippen molar-refractivity contribution in [3.05, 3.63) is 46.9 Å². The summed E-state index contributed by atoms with van der Waals surface area (Å²) in [7, 11) is 0. The van der Waals surface area contributed by atoms with Gasteiger partial charge in [0.25, 0.3) is 5.56 Å². The van der Waals surface area contributed by atoms with Crippen molar-refractivity contribution in [2.45, 2.75) is 19.9 Å². The topological polar surface area (TPSA) is 39.3 Å². The number of nitrogens with zero attached hydrogens (tertiary/aromatic N) is 3. The van der Waals surface area contributed by atoms with Crippen molar-refractivity contribution >= 4 is 16.8 Å². The first-order valence-corrected chi connectivity index (χ1v) is 5.78. The van der Waals surface area contributed by atoms with Gasteiger partial charge in [-0.05, 0) is 18.6 Å². The number of rotatable bonds is 2. The first-order chi connectivity index (χ1) is 8.31. The SMILES string of the molecule is CCCn1c(=O)ccn2c3ccccc3nc12.